The molecule has 0 fully saturated rings. The molecule has 7 aromatic carbocycles. The van der Waals surface area contributed by atoms with Crippen LogP contribution in [0.2, 0.25) is 0 Å². The summed E-state index contributed by atoms with van der Waals surface area (Å²) in [6.45, 7) is 22.3. The van der Waals surface area contributed by atoms with Gasteiger partial charge in [-0.05, 0) is 67.1 Å². The van der Waals surface area contributed by atoms with Crippen molar-refractivity contribution in [1.29, 1.82) is 0 Å². The smallest absolute Gasteiger partial charge is 0.259 e. The largest absolute Gasteiger partial charge is 0.334 e. The first-order valence-corrected chi connectivity index (χ1v) is 18.5. The Bertz CT molecular complexity index is 2900. The van der Waals surface area contributed by atoms with Crippen molar-refractivity contribution in [1.82, 2.24) is 9.47 Å². The number of aryl methyl sites for hydroxylation is 2. The van der Waals surface area contributed by atoms with Gasteiger partial charge >= 0.3 is 0 Å². The third kappa shape index (κ3) is 4.11. The number of nitrogens with zero attached hydrogens (tertiary/aromatic N) is 2. The van der Waals surface area contributed by atoms with Crippen LogP contribution < -0.4 is 10.9 Å². The third-order valence-corrected chi connectivity index (χ3v) is 12.4. The van der Waals surface area contributed by atoms with Crippen LogP contribution in [-0.4, -0.2) is 9.47 Å². The van der Waals surface area contributed by atoms with E-state index in [0.717, 1.165) is 85.5 Å². The Hall–Kier alpha value is -4.71. The zero-order valence-electron chi connectivity index (χ0n) is 28.4. The number of halogens is 2. The molecule has 0 amide bonds. The first kappa shape index (κ1) is 31.3. The normalized spacial score (nSPS) is 14.6. The molecule has 0 spiro atoms. The third-order valence-electron chi connectivity index (χ3n) is 11.2. The number of benzene rings is 7. The van der Waals surface area contributed by atoms with Crippen molar-refractivity contribution in [3.63, 3.8) is 0 Å². The van der Waals surface area contributed by atoms with E-state index < -0.39 is 0 Å². The van der Waals surface area contributed by atoms with Crippen LogP contribution in [0.4, 0.5) is 0 Å². The zero-order chi connectivity index (χ0) is 34.9. The first-order chi connectivity index (χ1) is 24.0. The number of hydrogen-bond donors (Lipinski definition) is 0. The number of pyridine rings is 1. The molecule has 9 rings (SSSR count). The highest BCUT2D eigenvalue weighted by Crippen LogP contribution is 2.53. The van der Waals surface area contributed by atoms with E-state index in [0.29, 0.717) is 5.39 Å². The molecule has 0 N–H and O–H groups in total. The van der Waals surface area contributed by atoms with Gasteiger partial charge in [-0.25, -0.2) is 0 Å². The van der Waals surface area contributed by atoms with Gasteiger partial charge in [0.05, 0.1) is 12.1 Å². The molecule has 8 aromatic rings. The molecule has 0 bridgehead atoms. The van der Waals surface area contributed by atoms with E-state index in [1.165, 1.54) is 22.1 Å². The highest BCUT2D eigenvalue weighted by molar-refractivity contribution is 9.11. The lowest BCUT2D eigenvalue weighted by Gasteiger charge is -2.39. The van der Waals surface area contributed by atoms with Gasteiger partial charge in [-0.15, -0.1) is 0 Å². The molecule has 244 valence electrons. The topological polar surface area (TPSA) is 25.2 Å². The molecular formula is C45H34Br2N2O. The Kier molecular flexibility index (Phi) is 6.82. The summed E-state index contributed by atoms with van der Waals surface area (Å²) < 4.78 is 3.75. The van der Waals surface area contributed by atoms with Crippen molar-refractivity contribution in [3.05, 3.63) is 156 Å². The van der Waals surface area contributed by atoms with Gasteiger partial charge < -0.3 is 9.47 Å². The lowest BCUT2D eigenvalue weighted by molar-refractivity contribution is 0.442. The number of aromatic nitrogens is 1. The molecule has 1 aliphatic rings. The molecule has 5 heteroatoms. The van der Waals surface area contributed by atoms with Gasteiger partial charge in [0.15, 0.2) is 0 Å². The number of fused-ring (bicyclic) bond motifs is 2. The molecule has 0 saturated carbocycles. The minimum atomic E-state index is -0.176. The summed E-state index contributed by atoms with van der Waals surface area (Å²) in [4.78, 5) is 16.8. The van der Waals surface area contributed by atoms with Crippen LogP contribution in [0.15, 0.2) is 112 Å². The van der Waals surface area contributed by atoms with E-state index in [1.807, 2.05) is 10.6 Å². The quantitative estimate of drug-likeness (QED) is 0.131. The minimum Gasteiger partial charge on any atom is -0.334 e. The Morgan fingerprint density at radius 2 is 1.04 bits per heavy atom. The van der Waals surface area contributed by atoms with E-state index in [-0.39, 0.29) is 17.6 Å². The first-order valence-electron chi connectivity index (χ1n) is 16.9. The second kappa shape index (κ2) is 10.9. The van der Waals surface area contributed by atoms with Gasteiger partial charge in [0.1, 0.15) is 0 Å². The maximum absolute atomic E-state index is 14.5. The van der Waals surface area contributed by atoms with E-state index >= 15 is 0 Å². The van der Waals surface area contributed by atoms with Crippen LogP contribution in [0, 0.1) is 13.8 Å². The Morgan fingerprint density at radius 1 is 0.540 bits per heavy atom. The van der Waals surface area contributed by atoms with Gasteiger partial charge in [0.25, 0.3) is 5.56 Å². The Balaban J connectivity index is 1.34. The lowest BCUT2D eigenvalue weighted by atomic mass is 9.82. The van der Waals surface area contributed by atoms with Crippen LogP contribution in [0.3, 0.4) is 0 Å². The summed E-state index contributed by atoms with van der Waals surface area (Å²) in [5.41, 5.74) is 8.74. The van der Waals surface area contributed by atoms with Crippen LogP contribution in [0.25, 0.3) is 71.8 Å². The van der Waals surface area contributed by atoms with Gasteiger partial charge in [-0.2, -0.15) is 0 Å². The zero-order valence-corrected chi connectivity index (χ0v) is 31.6. The summed E-state index contributed by atoms with van der Waals surface area (Å²) in [6, 6.07) is 30.0. The second-order valence-corrected chi connectivity index (χ2v) is 15.7. The molecule has 2 heterocycles. The van der Waals surface area contributed by atoms with E-state index in [1.54, 1.807) is 0 Å². The highest BCUT2D eigenvalue weighted by Gasteiger charge is 2.32. The molecule has 2 atom stereocenters. The van der Waals surface area contributed by atoms with Crippen molar-refractivity contribution in [3.8, 4) is 0 Å². The fraction of sp³-hybridized carbons (Fsp3) is 0.133. The van der Waals surface area contributed by atoms with Crippen molar-refractivity contribution in [2.45, 2.75) is 39.8 Å². The molecule has 3 nitrogen and oxygen atoms in total. The Labute approximate surface area is 307 Å². The minimum absolute atomic E-state index is 0.0366. The fourth-order valence-electron chi connectivity index (χ4n) is 8.56. The van der Waals surface area contributed by atoms with Gasteiger partial charge in [-0.3, -0.25) is 4.79 Å². The summed E-state index contributed by atoms with van der Waals surface area (Å²) in [5.74, 6) is 0. The van der Waals surface area contributed by atoms with Crippen molar-refractivity contribution in [2.75, 3.05) is 0 Å². The van der Waals surface area contributed by atoms with E-state index in [9.17, 15) is 4.79 Å². The number of rotatable bonds is 4. The van der Waals surface area contributed by atoms with Crippen LogP contribution in [0.5, 0.6) is 0 Å². The number of hydrogen-bond acceptors (Lipinski definition) is 2. The average molecular weight is 779 g/mol. The maximum Gasteiger partial charge on any atom is 0.259 e. The molecule has 0 radical (unpaired) electrons. The summed E-state index contributed by atoms with van der Waals surface area (Å²) in [6.07, 6.45) is 0. The molecule has 50 heavy (non-hydrogen) atoms. The predicted molar refractivity (Wildman–Crippen MR) is 220 cm³/mol. The Morgan fingerprint density at radius 3 is 1.66 bits per heavy atom. The maximum atomic E-state index is 14.5. The van der Waals surface area contributed by atoms with Gasteiger partial charge in [0.2, 0.25) is 0 Å². The molecular weight excluding hydrogens is 744 g/mol. The summed E-state index contributed by atoms with van der Waals surface area (Å²) in [5, 5.41) is 11.2. The monoisotopic (exact) mass is 776 g/mol. The van der Waals surface area contributed by atoms with Crippen LogP contribution in [-0.2, 0) is 0 Å². The average Bonchev–Trinajstić information content (AvgIpc) is 3.10. The summed E-state index contributed by atoms with van der Waals surface area (Å²) >= 11 is 8.02. The molecule has 1 aromatic heterocycles. The molecule has 1 aliphatic heterocycles. The standard InChI is InChI=1S/C45H34Br2N2O/c1-22-8-12-29(13-9-22)24(3)48-26(5)31-16-18-33-42-38(47)21-36-40-32(27(6)49(45(36)50)25(4)30-14-10-23(2)11-15-30)17-19-34(44(40)42)41-37(46)20-35(28(48)7)39(31)43(33)41/h8-21,24-25H,5-7H2,1-4H3. The van der Waals surface area contributed by atoms with Crippen molar-refractivity contribution >= 4 is 104 Å². The van der Waals surface area contributed by atoms with Crippen molar-refractivity contribution < 1.29 is 0 Å². The molecule has 0 aliphatic carbocycles. The van der Waals surface area contributed by atoms with Crippen LogP contribution >= 0.6 is 31.9 Å². The molecule has 2 unspecified atom stereocenters. The fourth-order valence-corrected chi connectivity index (χ4v) is 9.84. The van der Waals surface area contributed by atoms with E-state index in [2.05, 4.69) is 163 Å². The van der Waals surface area contributed by atoms with Gasteiger partial charge in [0, 0.05) is 74.5 Å². The van der Waals surface area contributed by atoms with Crippen molar-refractivity contribution in [2.24, 2.45) is 0 Å². The van der Waals surface area contributed by atoms with E-state index in [4.69, 9.17) is 0 Å². The van der Waals surface area contributed by atoms with Gasteiger partial charge in [-0.1, -0.05) is 136 Å². The lowest BCUT2D eigenvalue weighted by Crippen LogP contribution is -2.36. The predicted octanol–water partition coefficient (Wildman–Crippen LogP) is 12.0. The second-order valence-electron chi connectivity index (χ2n) is 13.9. The molecule has 0 saturated heterocycles. The SMILES string of the molecule is C=C1c2ccc3c4c(Br)cc5c(=O)n(C(C)c6ccc(C)cc6)c(=C)c6ccc(c7c(Br)cc(c2c37)C(=C)N1C(C)c1ccc(C)cc1)c4c65. The summed E-state index contributed by atoms with van der Waals surface area (Å²) in [7, 11) is 0. The van der Waals surface area contributed by atoms with Crippen LogP contribution in [0.1, 0.15) is 59.3 Å². The highest BCUT2D eigenvalue weighted by atomic mass is 79.9.